The summed E-state index contributed by atoms with van der Waals surface area (Å²) in [4.78, 5) is 15.6. The lowest BCUT2D eigenvalue weighted by atomic mass is 10.1. The smallest absolute Gasteiger partial charge is 0.366 e. The number of aryl methyl sites for hydroxylation is 1. The number of nitrogens with one attached hydrogen (secondary N) is 1. The van der Waals surface area contributed by atoms with Crippen molar-refractivity contribution in [2.75, 3.05) is 5.32 Å². The number of alkyl halides is 3. The number of amides is 1. The third-order valence-electron chi connectivity index (χ3n) is 4.56. The van der Waals surface area contributed by atoms with E-state index in [9.17, 15) is 18.0 Å². The Kier molecular flexibility index (Phi) is 5.06. The predicted octanol–water partition coefficient (Wildman–Crippen LogP) is 5.22. The lowest BCUT2D eigenvalue weighted by molar-refractivity contribution is -0.140. The summed E-state index contributed by atoms with van der Waals surface area (Å²) in [7, 11) is 0. The number of benzene rings is 2. The van der Waals surface area contributed by atoms with Crippen LogP contribution in [-0.2, 0) is 6.18 Å². The van der Waals surface area contributed by atoms with Gasteiger partial charge in [-0.25, -0.2) is 4.98 Å². The van der Waals surface area contributed by atoms with Crippen molar-refractivity contribution in [2.24, 2.45) is 5.73 Å². The molecule has 2 aromatic heterocycles. The van der Waals surface area contributed by atoms with Crippen molar-refractivity contribution in [1.82, 2.24) is 14.6 Å². The maximum absolute atomic E-state index is 13.8. The number of anilines is 2. The van der Waals surface area contributed by atoms with Crippen LogP contribution in [-0.4, -0.2) is 20.5 Å². The van der Waals surface area contributed by atoms with Crippen LogP contribution in [0.2, 0.25) is 5.02 Å². The summed E-state index contributed by atoms with van der Waals surface area (Å²) in [6.45, 7) is 1.67. The third-order valence-corrected chi connectivity index (χ3v) is 4.81. The second-order valence-electron chi connectivity index (χ2n) is 6.81. The lowest BCUT2D eigenvalue weighted by Gasteiger charge is -2.10. The van der Waals surface area contributed by atoms with Crippen LogP contribution in [0.4, 0.5) is 24.7 Å². The van der Waals surface area contributed by atoms with Crippen molar-refractivity contribution >= 4 is 34.7 Å². The Morgan fingerprint density at radius 2 is 1.74 bits per heavy atom. The molecule has 0 saturated carbocycles. The molecule has 2 aromatic carbocycles. The summed E-state index contributed by atoms with van der Waals surface area (Å²) in [6, 6.07) is 13.8. The minimum atomic E-state index is -4.70. The largest absolute Gasteiger partial charge is 0.435 e. The second-order valence-corrected chi connectivity index (χ2v) is 7.25. The van der Waals surface area contributed by atoms with E-state index in [0.717, 1.165) is 4.52 Å². The first kappa shape index (κ1) is 20.7. The molecule has 0 saturated heterocycles. The Morgan fingerprint density at radius 3 is 2.32 bits per heavy atom. The molecule has 0 fully saturated rings. The summed E-state index contributed by atoms with van der Waals surface area (Å²) in [5.41, 5.74) is 5.72. The van der Waals surface area contributed by atoms with E-state index in [0.29, 0.717) is 27.5 Å². The van der Waals surface area contributed by atoms with E-state index >= 15 is 0 Å². The van der Waals surface area contributed by atoms with Crippen molar-refractivity contribution in [2.45, 2.75) is 13.1 Å². The van der Waals surface area contributed by atoms with Crippen molar-refractivity contribution < 1.29 is 18.0 Å². The van der Waals surface area contributed by atoms with Gasteiger partial charge in [-0.15, -0.1) is 0 Å². The van der Waals surface area contributed by atoms with Gasteiger partial charge in [-0.05, 0) is 48.9 Å². The number of hydrogen-bond donors (Lipinski definition) is 2. The summed E-state index contributed by atoms with van der Waals surface area (Å²) < 4.78 is 42.6. The first-order chi connectivity index (χ1) is 14.6. The van der Waals surface area contributed by atoms with E-state index in [1.54, 1.807) is 25.1 Å². The Hall–Kier alpha value is -3.59. The van der Waals surface area contributed by atoms with E-state index in [4.69, 9.17) is 17.3 Å². The Morgan fingerprint density at radius 1 is 1.10 bits per heavy atom. The Balaban J connectivity index is 1.90. The molecule has 4 rings (SSSR count). The first-order valence-corrected chi connectivity index (χ1v) is 9.41. The van der Waals surface area contributed by atoms with Crippen LogP contribution >= 0.6 is 11.6 Å². The molecule has 10 heteroatoms. The predicted molar refractivity (Wildman–Crippen MR) is 111 cm³/mol. The summed E-state index contributed by atoms with van der Waals surface area (Å²) in [6.07, 6.45) is -4.70. The first-order valence-electron chi connectivity index (χ1n) is 9.04. The molecule has 1 amide bonds. The van der Waals surface area contributed by atoms with Crippen LogP contribution in [0.3, 0.4) is 0 Å². The number of fused-ring (bicyclic) bond motifs is 1. The average Bonchev–Trinajstić information content (AvgIpc) is 3.09. The zero-order chi connectivity index (χ0) is 22.3. The van der Waals surface area contributed by atoms with Gasteiger partial charge >= 0.3 is 6.18 Å². The van der Waals surface area contributed by atoms with Gasteiger partial charge in [-0.1, -0.05) is 23.7 Å². The summed E-state index contributed by atoms with van der Waals surface area (Å²) in [5.74, 6) is -0.303. The molecule has 3 N–H and O–H groups in total. The fraction of sp³-hybridized carbons (Fsp3) is 0.0952. The van der Waals surface area contributed by atoms with Crippen LogP contribution in [0.5, 0.6) is 0 Å². The quantitative estimate of drug-likeness (QED) is 0.451. The number of carbonyl (C=O) groups excluding carboxylic acids is 1. The highest BCUT2D eigenvalue weighted by atomic mass is 35.5. The van der Waals surface area contributed by atoms with E-state index in [-0.39, 0.29) is 17.0 Å². The molecule has 4 aromatic rings. The van der Waals surface area contributed by atoms with E-state index < -0.39 is 17.8 Å². The van der Waals surface area contributed by atoms with Crippen molar-refractivity contribution in [1.29, 1.82) is 0 Å². The second kappa shape index (κ2) is 7.59. The number of primary amides is 1. The van der Waals surface area contributed by atoms with Crippen molar-refractivity contribution in [3.8, 4) is 11.1 Å². The van der Waals surface area contributed by atoms with Gasteiger partial charge in [0.2, 0.25) is 5.91 Å². The number of nitrogens with zero attached hydrogens (tertiary/aromatic N) is 3. The van der Waals surface area contributed by atoms with Gasteiger partial charge in [0.05, 0.1) is 5.56 Å². The maximum atomic E-state index is 13.8. The van der Waals surface area contributed by atoms with Crippen LogP contribution in [0.25, 0.3) is 16.8 Å². The van der Waals surface area contributed by atoms with E-state index in [2.05, 4.69) is 15.4 Å². The Labute approximate surface area is 179 Å². The van der Waals surface area contributed by atoms with Crippen LogP contribution < -0.4 is 11.1 Å². The molecule has 0 aliphatic heterocycles. The maximum Gasteiger partial charge on any atom is 0.435 e. The average molecular weight is 446 g/mol. The fourth-order valence-electron chi connectivity index (χ4n) is 3.17. The van der Waals surface area contributed by atoms with Crippen LogP contribution in [0, 0.1) is 6.92 Å². The molecule has 158 valence electrons. The van der Waals surface area contributed by atoms with Gasteiger partial charge in [-0.2, -0.15) is 22.8 Å². The molecule has 6 nitrogen and oxygen atoms in total. The standard InChI is InChI=1S/C21H15ClF3N5O/c1-11-10-16(28-15-8-4-13(5-9-15)19(26)31)30-20(27-11)17(18(29-30)21(23,24)25)12-2-6-14(22)7-3-12/h2-10,28H,1H3,(H2,26,31). The molecule has 0 bridgehead atoms. The number of nitrogens with two attached hydrogens (primary N) is 1. The minimum absolute atomic E-state index is 0.0471. The number of halogens is 4. The molecule has 0 aliphatic carbocycles. The van der Waals surface area contributed by atoms with Crippen LogP contribution in [0.15, 0.2) is 54.6 Å². The highest BCUT2D eigenvalue weighted by Crippen LogP contribution is 2.39. The van der Waals surface area contributed by atoms with E-state index in [1.165, 1.54) is 36.4 Å². The molecule has 2 heterocycles. The number of carbonyl (C=O) groups is 1. The molecular weight excluding hydrogens is 431 g/mol. The zero-order valence-electron chi connectivity index (χ0n) is 16.0. The topological polar surface area (TPSA) is 85.3 Å². The highest BCUT2D eigenvalue weighted by Gasteiger charge is 2.39. The highest BCUT2D eigenvalue weighted by molar-refractivity contribution is 6.30. The van der Waals surface area contributed by atoms with Crippen molar-refractivity contribution in [3.05, 3.63) is 76.6 Å². The Bertz CT molecular complexity index is 1280. The van der Waals surface area contributed by atoms with Gasteiger partial charge in [0.15, 0.2) is 11.3 Å². The fourth-order valence-corrected chi connectivity index (χ4v) is 3.30. The van der Waals surface area contributed by atoms with Crippen molar-refractivity contribution in [3.63, 3.8) is 0 Å². The SMILES string of the molecule is Cc1cc(Nc2ccc(C(N)=O)cc2)n2nc(C(F)(F)F)c(-c3ccc(Cl)cc3)c2n1. The number of rotatable bonds is 4. The van der Waals surface area contributed by atoms with Gasteiger partial charge < -0.3 is 11.1 Å². The molecule has 0 spiro atoms. The minimum Gasteiger partial charge on any atom is -0.366 e. The third kappa shape index (κ3) is 4.04. The normalized spacial score (nSPS) is 11.6. The van der Waals surface area contributed by atoms with Gasteiger partial charge in [0, 0.05) is 28.0 Å². The summed E-state index contributed by atoms with van der Waals surface area (Å²) >= 11 is 5.89. The molecule has 0 radical (unpaired) electrons. The van der Waals surface area contributed by atoms with E-state index in [1.807, 2.05) is 0 Å². The van der Waals surface area contributed by atoms with Gasteiger partial charge in [-0.3, -0.25) is 4.79 Å². The molecule has 0 atom stereocenters. The van der Waals surface area contributed by atoms with Crippen LogP contribution in [0.1, 0.15) is 21.7 Å². The zero-order valence-corrected chi connectivity index (χ0v) is 16.8. The number of aromatic nitrogens is 3. The van der Waals surface area contributed by atoms with Gasteiger partial charge in [0.1, 0.15) is 5.82 Å². The van der Waals surface area contributed by atoms with Gasteiger partial charge in [0.25, 0.3) is 0 Å². The monoisotopic (exact) mass is 445 g/mol. The number of hydrogen-bond acceptors (Lipinski definition) is 4. The molecular formula is C21H15ClF3N5O. The molecule has 31 heavy (non-hydrogen) atoms. The molecule has 0 unspecified atom stereocenters. The lowest BCUT2D eigenvalue weighted by Crippen LogP contribution is -2.10. The summed E-state index contributed by atoms with van der Waals surface area (Å²) in [5, 5.41) is 7.25. The molecule has 0 aliphatic rings.